The van der Waals surface area contributed by atoms with Crippen molar-refractivity contribution in [2.75, 3.05) is 0 Å². The molecule has 0 aliphatic carbocycles. The predicted octanol–water partition coefficient (Wildman–Crippen LogP) is 9.44. The van der Waals surface area contributed by atoms with E-state index in [0.717, 1.165) is 61.0 Å². The van der Waals surface area contributed by atoms with Crippen molar-refractivity contribution in [1.82, 2.24) is 9.88 Å². The Bertz CT molecular complexity index is 2270. The van der Waals surface area contributed by atoms with Gasteiger partial charge in [0.05, 0.1) is 5.52 Å². The normalized spacial score (nSPS) is 15.6. The number of fused-ring (bicyclic) bond motifs is 8. The van der Waals surface area contributed by atoms with Crippen LogP contribution in [0.5, 0.6) is 23.0 Å². The number of ether oxygens (including phenoxy) is 2. The maximum Gasteiger partial charge on any atom is 0.194 e. The summed E-state index contributed by atoms with van der Waals surface area (Å²) in [6.45, 7) is 0. The number of aliphatic imine (C=N–C) groups is 1. The molecule has 9 rings (SSSR count). The molecule has 7 aromatic rings. The fraction of sp³-hybridized carbons (Fsp3) is 0.0263. The van der Waals surface area contributed by atoms with Gasteiger partial charge in [-0.05, 0) is 40.8 Å². The van der Waals surface area contributed by atoms with Crippen molar-refractivity contribution in [3.05, 3.63) is 151 Å². The third-order valence-electron chi connectivity index (χ3n) is 8.28. The number of aromatic nitrogens is 1. The molecule has 5 heteroatoms. The van der Waals surface area contributed by atoms with Crippen LogP contribution in [0, 0.1) is 0 Å². The van der Waals surface area contributed by atoms with E-state index in [1.54, 1.807) is 0 Å². The molecule has 0 saturated carbocycles. The maximum absolute atomic E-state index is 6.85. The zero-order chi connectivity index (χ0) is 28.3. The molecule has 0 fully saturated rings. The topological polar surface area (TPSA) is 47.8 Å². The van der Waals surface area contributed by atoms with Crippen LogP contribution in [-0.2, 0) is 0 Å². The molecule has 6 aromatic carbocycles. The molecule has 1 N–H and O–H groups in total. The van der Waals surface area contributed by atoms with Crippen molar-refractivity contribution < 1.29 is 9.47 Å². The number of rotatable bonds is 2. The summed E-state index contributed by atoms with van der Waals surface area (Å²) in [5.74, 6) is 3.62. The average Bonchev–Trinajstić information content (AvgIpc) is 3.43. The molecule has 3 heterocycles. The molecule has 1 aromatic heterocycles. The highest BCUT2D eigenvalue weighted by Crippen LogP contribution is 2.52. The first-order chi connectivity index (χ1) is 21.3. The zero-order valence-electron chi connectivity index (χ0n) is 23.1. The van der Waals surface area contributed by atoms with E-state index in [1.807, 2.05) is 36.4 Å². The average molecular weight is 556 g/mol. The SMILES string of the molecule is C1=C(c2ccccc2)NC(c2ccccc2)N=C1n1c2ccccc2c2ccc3c(c21)Oc1c(ccc2ccccc12)O3. The van der Waals surface area contributed by atoms with E-state index in [-0.39, 0.29) is 6.17 Å². The van der Waals surface area contributed by atoms with Crippen molar-refractivity contribution >= 4 is 44.1 Å². The summed E-state index contributed by atoms with van der Waals surface area (Å²) in [5.41, 5.74) is 5.16. The van der Waals surface area contributed by atoms with Gasteiger partial charge in [-0.25, -0.2) is 4.99 Å². The molecule has 0 saturated heterocycles. The highest BCUT2D eigenvalue weighted by Gasteiger charge is 2.29. The number of nitrogens with zero attached hydrogens (tertiary/aromatic N) is 2. The van der Waals surface area contributed by atoms with Gasteiger partial charge in [0.25, 0.3) is 0 Å². The van der Waals surface area contributed by atoms with E-state index < -0.39 is 0 Å². The van der Waals surface area contributed by atoms with E-state index >= 15 is 0 Å². The largest absolute Gasteiger partial charge is 0.449 e. The van der Waals surface area contributed by atoms with Crippen LogP contribution in [0.3, 0.4) is 0 Å². The Morgan fingerprint density at radius 3 is 2.14 bits per heavy atom. The summed E-state index contributed by atoms with van der Waals surface area (Å²) >= 11 is 0. The highest BCUT2D eigenvalue weighted by atomic mass is 16.6. The Balaban J connectivity index is 1.32. The second-order valence-electron chi connectivity index (χ2n) is 10.8. The van der Waals surface area contributed by atoms with Crippen molar-refractivity contribution in [3.8, 4) is 23.0 Å². The summed E-state index contributed by atoms with van der Waals surface area (Å²) < 4.78 is 15.6. The summed E-state index contributed by atoms with van der Waals surface area (Å²) in [5, 5.41) is 7.99. The number of allylic oxidation sites excluding steroid dienone is 1. The third-order valence-corrected chi connectivity index (χ3v) is 8.28. The van der Waals surface area contributed by atoms with Crippen molar-refractivity contribution in [2.24, 2.45) is 4.99 Å². The van der Waals surface area contributed by atoms with Gasteiger partial charge in [0.1, 0.15) is 17.5 Å². The minimum atomic E-state index is -0.269. The van der Waals surface area contributed by atoms with Crippen LogP contribution in [0.1, 0.15) is 17.3 Å². The Morgan fingerprint density at radius 1 is 0.581 bits per heavy atom. The molecule has 1 unspecified atom stereocenters. The Hall–Kier alpha value is -5.81. The van der Waals surface area contributed by atoms with Crippen LogP contribution < -0.4 is 14.8 Å². The van der Waals surface area contributed by atoms with Crippen LogP contribution in [0.25, 0.3) is 38.3 Å². The van der Waals surface area contributed by atoms with E-state index in [2.05, 4.69) is 113 Å². The zero-order valence-corrected chi connectivity index (χ0v) is 23.1. The summed E-state index contributed by atoms with van der Waals surface area (Å²) in [6.07, 6.45) is 1.86. The second-order valence-corrected chi connectivity index (χ2v) is 10.8. The van der Waals surface area contributed by atoms with Crippen LogP contribution in [0.15, 0.2) is 145 Å². The van der Waals surface area contributed by atoms with Gasteiger partial charge < -0.3 is 14.8 Å². The Kier molecular flexibility index (Phi) is 5.19. The molecule has 1 atom stereocenters. The van der Waals surface area contributed by atoms with Gasteiger partial charge in [-0.1, -0.05) is 109 Å². The molecule has 204 valence electrons. The Morgan fingerprint density at radius 2 is 1.28 bits per heavy atom. The number of para-hydroxylation sites is 1. The third kappa shape index (κ3) is 3.75. The van der Waals surface area contributed by atoms with Gasteiger partial charge in [0, 0.05) is 27.9 Å². The van der Waals surface area contributed by atoms with Gasteiger partial charge >= 0.3 is 0 Å². The van der Waals surface area contributed by atoms with Crippen molar-refractivity contribution in [2.45, 2.75) is 6.17 Å². The van der Waals surface area contributed by atoms with Crippen LogP contribution in [-0.4, -0.2) is 10.4 Å². The first-order valence-electron chi connectivity index (χ1n) is 14.4. The molecule has 43 heavy (non-hydrogen) atoms. The van der Waals surface area contributed by atoms with E-state index in [4.69, 9.17) is 14.5 Å². The van der Waals surface area contributed by atoms with Crippen LogP contribution >= 0.6 is 0 Å². The number of benzene rings is 6. The van der Waals surface area contributed by atoms with Gasteiger partial charge in [-0.3, -0.25) is 4.57 Å². The second kappa shape index (κ2) is 9.36. The minimum Gasteiger partial charge on any atom is -0.449 e. The highest BCUT2D eigenvalue weighted by molar-refractivity contribution is 6.19. The molecule has 0 amide bonds. The van der Waals surface area contributed by atoms with Gasteiger partial charge in [0.2, 0.25) is 0 Å². The molecule has 0 radical (unpaired) electrons. The standard InChI is InChI=1S/C38H25N3O2/c1-3-12-25(13-4-1)30-23-34(40-38(39-30)26-14-5-2-6-15-26)41-31-18-10-9-17-28(31)29-20-22-33-37(35(29)41)43-36-27-16-8-7-11-24(27)19-21-32(36)42-33/h1-23,38-39H. The molecular formula is C38H25N3O2. The predicted molar refractivity (Wildman–Crippen MR) is 173 cm³/mol. The van der Waals surface area contributed by atoms with Gasteiger partial charge in [0.15, 0.2) is 23.0 Å². The summed E-state index contributed by atoms with van der Waals surface area (Å²) in [4.78, 5) is 5.31. The van der Waals surface area contributed by atoms with E-state index in [9.17, 15) is 0 Å². The molecular weight excluding hydrogens is 530 g/mol. The van der Waals surface area contributed by atoms with Crippen LogP contribution in [0.4, 0.5) is 0 Å². The smallest absolute Gasteiger partial charge is 0.194 e. The van der Waals surface area contributed by atoms with Crippen LogP contribution in [0.2, 0.25) is 0 Å². The molecule has 2 aliphatic rings. The fourth-order valence-corrected chi connectivity index (χ4v) is 6.27. The van der Waals surface area contributed by atoms with E-state index in [0.29, 0.717) is 17.2 Å². The van der Waals surface area contributed by atoms with E-state index in [1.165, 1.54) is 0 Å². The monoisotopic (exact) mass is 555 g/mol. The lowest BCUT2D eigenvalue weighted by atomic mass is 10.1. The maximum atomic E-state index is 6.85. The molecule has 5 nitrogen and oxygen atoms in total. The number of hydrogen-bond donors (Lipinski definition) is 1. The number of hydrogen-bond acceptors (Lipinski definition) is 4. The lowest BCUT2D eigenvalue weighted by Crippen LogP contribution is -2.27. The van der Waals surface area contributed by atoms with Crippen molar-refractivity contribution in [1.29, 1.82) is 0 Å². The van der Waals surface area contributed by atoms with Gasteiger partial charge in [-0.2, -0.15) is 0 Å². The number of nitrogens with one attached hydrogen (secondary N) is 1. The van der Waals surface area contributed by atoms with Crippen molar-refractivity contribution in [3.63, 3.8) is 0 Å². The quantitative estimate of drug-likeness (QED) is 0.231. The first-order valence-corrected chi connectivity index (χ1v) is 14.4. The summed E-state index contributed by atoms with van der Waals surface area (Å²) in [6, 6.07) is 45.6. The summed E-state index contributed by atoms with van der Waals surface area (Å²) in [7, 11) is 0. The molecule has 0 spiro atoms. The lowest BCUT2D eigenvalue weighted by molar-refractivity contribution is 0.366. The molecule has 0 bridgehead atoms. The lowest BCUT2D eigenvalue weighted by Gasteiger charge is -2.26. The van der Waals surface area contributed by atoms with Gasteiger partial charge in [-0.15, -0.1) is 0 Å². The first kappa shape index (κ1) is 23.9. The Labute approximate surface area is 247 Å². The fourth-order valence-electron chi connectivity index (χ4n) is 6.27. The minimum absolute atomic E-state index is 0.269. The molecule has 2 aliphatic heterocycles.